The largest absolute Gasteiger partial charge is 0.361 e. The molecular formula is C32H18N4. The van der Waals surface area contributed by atoms with Crippen LogP contribution in [0.5, 0.6) is 0 Å². The van der Waals surface area contributed by atoms with Crippen molar-refractivity contribution in [1.29, 1.82) is 5.26 Å². The Kier molecular flexibility index (Phi) is 5.19. The van der Waals surface area contributed by atoms with E-state index in [-0.39, 0.29) is 0 Å². The van der Waals surface area contributed by atoms with Crippen LogP contribution in [-0.4, -0.2) is 9.97 Å². The van der Waals surface area contributed by atoms with Crippen molar-refractivity contribution in [2.24, 2.45) is 0 Å². The lowest BCUT2D eigenvalue weighted by molar-refractivity contribution is 1.27. The number of hydrogen-bond donors (Lipinski definition) is 0. The number of benzene rings is 4. The van der Waals surface area contributed by atoms with Gasteiger partial charge in [-0.1, -0.05) is 79.4 Å². The Hall–Kier alpha value is -5.32. The van der Waals surface area contributed by atoms with E-state index in [1.54, 1.807) is 12.4 Å². The second kappa shape index (κ2) is 8.80. The average molecular weight is 459 g/mol. The van der Waals surface area contributed by atoms with Gasteiger partial charge in [-0.15, -0.1) is 4.98 Å². The minimum absolute atomic E-state index is 0.387. The van der Waals surface area contributed by atoms with Crippen molar-refractivity contribution in [2.75, 3.05) is 0 Å². The number of aromatic nitrogens is 2. The summed E-state index contributed by atoms with van der Waals surface area (Å²) in [5.41, 5.74) is 6.77. The van der Waals surface area contributed by atoms with Gasteiger partial charge >= 0.3 is 0 Å². The molecule has 0 aliphatic rings. The molecule has 0 aliphatic heterocycles. The third-order valence-electron chi connectivity index (χ3n) is 6.49. The second-order valence-corrected chi connectivity index (χ2v) is 8.47. The minimum atomic E-state index is 0.387. The summed E-state index contributed by atoms with van der Waals surface area (Å²) in [6.07, 6.45) is 3.37. The number of nitrogens with zero attached hydrogens (tertiary/aromatic N) is 4. The molecule has 0 saturated carbocycles. The van der Waals surface area contributed by atoms with Crippen LogP contribution in [0.1, 0.15) is 5.69 Å². The van der Waals surface area contributed by atoms with Crippen LogP contribution in [0.4, 0.5) is 5.82 Å². The molecule has 0 N–H and O–H groups in total. The molecule has 6 aromatic rings. The van der Waals surface area contributed by atoms with Crippen molar-refractivity contribution < 1.29 is 0 Å². The topological polar surface area (TPSA) is 53.9 Å². The number of nitriles is 1. The summed E-state index contributed by atoms with van der Waals surface area (Å²) < 4.78 is 0. The van der Waals surface area contributed by atoms with Crippen molar-refractivity contribution >= 4 is 27.4 Å². The van der Waals surface area contributed by atoms with E-state index in [9.17, 15) is 5.26 Å². The Morgan fingerprint density at radius 1 is 0.583 bits per heavy atom. The maximum Gasteiger partial charge on any atom is 0.270 e. The van der Waals surface area contributed by atoms with Gasteiger partial charge in [0.05, 0.1) is 0 Å². The van der Waals surface area contributed by atoms with E-state index in [4.69, 9.17) is 6.57 Å². The molecule has 0 radical (unpaired) electrons. The maximum absolute atomic E-state index is 9.32. The first-order chi connectivity index (χ1) is 17.8. The lowest BCUT2D eigenvalue weighted by Gasteiger charge is -2.16. The molecule has 0 bridgehead atoms. The summed E-state index contributed by atoms with van der Waals surface area (Å²) >= 11 is 0. The molecule has 2 aromatic heterocycles. The smallest absolute Gasteiger partial charge is 0.270 e. The number of pyridine rings is 2. The highest BCUT2D eigenvalue weighted by atomic mass is 14.8. The molecule has 0 unspecified atom stereocenters. The van der Waals surface area contributed by atoms with Crippen molar-refractivity contribution in [3.05, 3.63) is 127 Å². The van der Waals surface area contributed by atoms with Crippen molar-refractivity contribution in [3.8, 4) is 39.4 Å². The highest BCUT2D eigenvalue weighted by Crippen LogP contribution is 2.41. The van der Waals surface area contributed by atoms with Gasteiger partial charge in [0.15, 0.2) is 0 Å². The Morgan fingerprint density at radius 2 is 1.06 bits per heavy atom. The molecule has 0 amide bonds. The van der Waals surface area contributed by atoms with Crippen LogP contribution in [0, 0.1) is 17.9 Å². The van der Waals surface area contributed by atoms with E-state index in [2.05, 4.69) is 81.5 Å². The molecule has 0 spiro atoms. The summed E-state index contributed by atoms with van der Waals surface area (Å²) in [5.74, 6) is 0.387. The van der Waals surface area contributed by atoms with Crippen LogP contribution in [0.2, 0.25) is 0 Å². The molecule has 166 valence electrons. The molecule has 0 atom stereocenters. The third kappa shape index (κ3) is 3.55. The van der Waals surface area contributed by atoms with E-state index in [1.807, 2.05) is 36.4 Å². The minimum Gasteiger partial charge on any atom is -0.361 e. The first kappa shape index (κ1) is 21.2. The van der Waals surface area contributed by atoms with E-state index in [1.165, 1.54) is 0 Å². The predicted octanol–water partition coefficient (Wildman–Crippen LogP) is 8.21. The van der Waals surface area contributed by atoms with Gasteiger partial charge in [0.25, 0.3) is 5.82 Å². The van der Waals surface area contributed by atoms with Crippen LogP contribution >= 0.6 is 0 Å². The fourth-order valence-electron chi connectivity index (χ4n) is 4.88. The van der Waals surface area contributed by atoms with Gasteiger partial charge in [-0.05, 0) is 79.2 Å². The Bertz CT molecular complexity index is 1730. The van der Waals surface area contributed by atoms with E-state index >= 15 is 0 Å². The van der Waals surface area contributed by atoms with Crippen LogP contribution in [0.25, 0.3) is 59.8 Å². The summed E-state index contributed by atoms with van der Waals surface area (Å²) in [6.45, 7) is 7.33. The van der Waals surface area contributed by atoms with Gasteiger partial charge in [-0.3, -0.25) is 0 Å². The third-order valence-corrected chi connectivity index (χ3v) is 6.49. The molecule has 0 fully saturated rings. The van der Waals surface area contributed by atoms with E-state index in [0.29, 0.717) is 11.5 Å². The zero-order chi connectivity index (χ0) is 24.5. The van der Waals surface area contributed by atoms with Gasteiger partial charge < -0.3 is 4.85 Å². The molecule has 2 heterocycles. The SMILES string of the molecule is [C-]#[N+]c1cc(-c2ccc(-c3ccc(-c4ccnc(C#N)c4)c4ccccc34)c3ccccc23)ccn1. The summed E-state index contributed by atoms with van der Waals surface area (Å²) in [5, 5.41) is 13.8. The summed E-state index contributed by atoms with van der Waals surface area (Å²) in [7, 11) is 0. The van der Waals surface area contributed by atoms with Gasteiger partial charge in [-0.2, -0.15) is 5.26 Å². The monoisotopic (exact) mass is 458 g/mol. The van der Waals surface area contributed by atoms with Crippen molar-refractivity contribution in [2.45, 2.75) is 0 Å². The van der Waals surface area contributed by atoms with Gasteiger partial charge in [0.2, 0.25) is 0 Å². The predicted molar refractivity (Wildman–Crippen MR) is 144 cm³/mol. The molecular weight excluding hydrogens is 440 g/mol. The normalized spacial score (nSPS) is 10.7. The summed E-state index contributed by atoms with van der Waals surface area (Å²) in [4.78, 5) is 11.8. The lowest BCUT2D eigenvalue weighted by Crippen LogP contribution is -1.90. The fraction of sp³-hybridized carbons (Fsp3) is 0. The average Bonchev–Trinajstić information content (AvgIpc) is 2.96. The molecule has 0 saturated heterocycles. The quantitative estimate of drug-likeness (QED) is 0.251. The van der Waals surface area contributed by atoms with Crippen LogP contribution in [0.3, 0.4) is 0 Å². The molecule has 0 aliphatic carbocycles. The Labute approximate surface area is 208 Å². The molecule has 4 aromatic carbocycles. The zero-order valence-electron chi connectivity index (χ0n) is 19.2. The Morgan fingerprint density at radius 3 is 1.58 bits per heavy atom. The highest BCUT2D eigenvalue weighted by molar-refractivity contribution is 6.12. The summed E-state index contributed by atoms with van der Waals surface area (Å²) in [6, 6.07) is 35.0. The standard InChI is InChI=1S/C32H18N4/c1-34-32-19-22(15-17-36-32)25-11-13-31(29-9-5-3-7-27(25)29)30-12-10-24(26-6-2-4-8-28(26)30)21-14-16-35-23(18-21)20-33/h2-19H. The van der Waals surface area contributed by atoms with Crippen LogP contribution in [0.15, 0.2) is 109 Å². The van der Waals surface area contributed by atoms with Gasteiger partial charge in [0.1, 0.15) is 18.0 Å². The van der Waals surface area contributed by atoms with Gasteiger partial charge in [-0.25, -0.2) is 4.98 Å². The van der Waals surface area contributed by atoms with Crippen LogP contribution < -0.4 is 0 Å². The first-order valence-electron chi connectivity index (χ1n) is 11.5. The van der Waals surface area contributed by atoms with E-state index < -0.39 is 0 Å². The maximum atomic E-state index is 9.32. The van der Waals surface area contributed by atoms with Gasteiger partial charge in [0, 0.05) is 6.20 Å². The number of fused-ring (bicyclic) bond motifs is 2. The lowest BCUT2D eigenvalue weighted by atomic mass is 9.88. The number of rotatable bonds is 3. The van der Waals surface area contributed by atoms with Crippen molar-refractivity contribution in [3.63, 3.8) is 0 Å². The highest BCUT2D eigenvalue weighted by Gasteiger charge is 2.14. The molecule has 6 rings (SSSR count). The fourth-order valence-corrected chi connectivity index (χ4v) is 4.88. The molecule has 4 nitrogen and oxygen atoms in total. The number of hydrogen-bond acceptors (Lipinski definition) is 3. The second-order valence-electron chi connectivity index (χ2n) is 8.47. The zero-order valence-corrected chi connectivity index (χ0v) is 19.2. The van der Waals surface area contributed by atoms with Crippen LogP contribution in [-0.2, 0) is 0 Å². The molecule has 4 heteroatoms. The first-order valence-corrected chi connectivity index (χ1v) is 11.5. The Balaban J connectivity index is 1.59. The van der Waals surface area contributed by atoms with Crippen molar-refractivity contribution in [1.82, 2.24) is 9.97 Å². The molecule has 36 heavy (non-hydrogen) atoms. The van der Waals surface area contributed by atoms with E-state index in [0.717, 1.165) is 54.9 Å².